The molecule has 1 aromatic carbocycles. The molecule has 18 heavy (non-hydrogen) atoms. The molecule has 2 aromatic rings. The van der Waals surface area contributed by atoms with Crippen molar-refractivity contribution in [1.82, 2.24) is 14.8 Å². The number of hydrogen-bond donors (Lipinski definition) is 1. The highest BCUT2D eigenvalue weighted by atomic mass is 32.1. The molecule has 3 nitrogen and oxygen atoms in total. The van der Waals surface area contributed by atoms with Crippen molar-refractivity contribution >= 4 is 12.2 Å². The van der Waals surface area contributed by atoms with Gasteiger partial charge in [-0.2, -0.15) is 5.10 Å². The maximum absolute atomic E-state index is 5.34. The predicted molar refractivity (Wildman–Crippen MR) is 74.9 cm³/mol. The van der Waals surface area contributed by atoms with Crippen molar-refractivity contribution in [3.8, 4) is 5.69 Å². The Morgan fingerprint density at radius 3 is 2.56 bits per heavy atom. The molecule has 0 spiro atoms. The zero-order valence-corrected chi connectivity index (χ0v) is 11.6. The summed E-state index contributed by atoms with van der Waals surface area (Å²) in [6.07, 6.45) is 4.92. The quantitative estimate of drug-likeness (QED) is 0.796. The molecule has 0 saturated heterocycles. The van der Waals surface area contributed by atoms with Crippen LogP contribution in [0.15, 0.2) is 12.1 Å². The van der Waals surface area contributed by atoms with Gasteiger partial charge in [-0.1, -0.05) is 6.07 Å². The van der Waals surface area contributed by atoms with Crippen molar-refractivity contribution in [2.45, 2.75) is 39.5 Å². The molecule has 0 atom stereocenters. The molecule has 0 unspecified atom stereocenters. The van der Waals surface area contributed by atoms with E-state index in [9.17, 15) is 0 Å². The zero-order chi connectivity index (χ0) is 12.7. The minimum Gasteiger partial charge on any atom is -0.272 e. The summed E-state index contributed by atoms with van der Waals surface area (Å²) in [7, 11) is 0. The highest BCUT2D eigenvalue weighted by Crippen LogP contribution is 2.30. The first-order chi connectivity index (χ1) is 8.68. The average Bonchev–Trinajstić information content (AvgIpc) is 2.71. The molecule has 1 aliphatic carbocycles. The molecule has 0 saturated carbocycles. The Balaban J connectivity index is 2.28. The lowest BCUT2D eigenvalue weighted by atomic mass is 9.87. The maximum atomic E-state index is 5.34. The molecule has 0 fully saturated rings. The van der Waals surface area contributed by atoms with Gasteiger partial charge in [0.15, 0.2) is 4.77 Å². The second kappa shape index (κ2) is 4.35. The molecule has 0 bridgehead atoms. The van der Waals surface area contributed by atoms with E-state index >= 15 is 0 Å². The SMILES string of the molecule is Cc1ccc(-n2c(C)n[nH]c2=S)c2c1CCCC2. The van der Waals surface area contributed by atoms with Gasteiger partial charge < -0.3 is 0 Å². The van der Waals surface area contributed by atoms with Crippen LogP contribution in [0.4, 0.5) is 0 Å². The van der Waals surface area contributed by atoms with E-state index in [1.54, 1.807) is 0 Å². The number of aromatic nitrogens is 3. The minimum absolute atomic E-state index is 0.684. The lowest BCUT2D eigenvalue weighted by molar-refractivity contribution is 0.676. The van der Waals surface area contributed by atoms with Crippen LogP contribution >= 0.6 is 12.2 Å². The molecule has 0 aliphatic heterocycles. The van der Waals surface area contributed by atoms with Gasteiger partial charge in [-0.15, -0.1) is 0 Å². The summed E-state index contributed by atoms with van der Waals surface area (Å²) in [4.78, 5) is 0. The summed E-state index contributed by atoms with van der Waals surface area (Å²) in [5.74, 6) is 0.927. The van der Waals surface area contributed by atoms with Gasteiger partial charge in [0.25, 0.3) is 0 Å². The van der Waals surface area contributed by atoms with Crippen molar-refractivity contribution in [3.05, 3.63) is 39.4 Å². The minimum atomic E-state index is 0.684. The van der Waals surface area contributed by atoms with E-state index in [0.717, 1.165) is 12.2 Å². The maximum Gasteiger partial charge on any atom is 0.199 e. The Morgan fingerprint density at radius 1 is 1.17 bits per heavy atom. The first kappa shape index (κ1) is 11.7. The number of hydrogen-bond acceptors (Lipinski definition) is 2. The molecule has 0 radical (unpaired) electrons. The van der Waals surface area contributed by atoms with Crippen LogP contribution in [-0.4, -0.2) is 14.8 Å². The van der Waals surface area contributed by atoms with Gasteiger partial charge in [0, 0.05) is 0 Å². The molecule has 1 aliphatic rings. The Labute approximate surface area is 112 Å². The number of benzene rings is 1. The monoisotopic (exact) mass is 259 g/mol. The number of rotatable bonds is 1. The van der Waals surface area contributed by atoms with Gasteiger partial charge in [-0.25, -0.2) is 0 Å². The van der Waals surface area contributed by atoms with Gasteiger partial charge in [0.05, 0.1) is 5.69 Å². The lowest BCUT2D eigenvalue weighted by Gasteiger charge is -2.22. The predicted octanol–water partition coefficient (Wildman–Crippen LogP) is 3.43. The molecule has 94 valence electrons. The largest absolute Gasteiger partial charge is 0.272 e. The summed E-state index contributed by atoms with van der Waals surface area (Å²) in [5, 5.41) is 7.08. The van der Waals surface area contributed by atoms with Gasteiger partial charge in [0.2, 0.25) is 0 Å². The van der Waals surface area contributed by atoms with E-state index in [1.807, 2.05) is 6.92 Å². The first-order valence-electron chi connectivity index (χ1n) is 6.44. The molecule has 1 N–H and O–H groups in total. The third-order valence-electron chi connectivity index (χ3n) is 3.83. The molecule has 3 rings (SSSR count). The molecule has 1 heterocycles. The number of H-pyrrole nitrogens is 1. The van der Waals surface area contributed by atoms with Crippen LogP contribution in [0.1, 0.15) is 35.4 Å². The average molecular weight is 259 g/mol. The Morgan fingerprint density at radius 2 is 1.89 bits per heavy atom. The number of nitrogens with zero attached hydrogens (tertiary/aromatic N) is 2. The van der Waals surface area contributed by atoms with E-state index in [0.29, 0.717) is 4.77 Å². The fraction of sp³-hybridized carbons (Fsp3) is 0.429. The normalized spacial score (nSPS) is 14.6. The molecule has 1 aromatic heterocycles. The topological polar surface area (TPSA) is 33.6 Å². The molecular formula is C14H17N3S. The van der Waals surface area contributed by atoms with Crippen LogP contribution in [0.5, 0.6) is 0 Å². The zero-order valence-electron chi connectivity index (χ0n) is 10.8. The van der Waals surface area contributed by atoms with E-state index in [-0.39, 0.29) is 0 Å². The number of nitrogens with one attached hydrogen (secondary N) is 1. The second-order valence-electron chi connectivity index (χ2n) is 4.98. The fourth-order valence-electron chi connectivity index (χ4n) is 2.90. The summed E-state index contributed by atoms with van der Waals surface area (Å²) < 4.78 is 2.74. The van der Waals surface area contributed by atoms with Gasteiger partial charge in [0.1, 0.15) is 5.82 Å². The molecule has 0 amide bonds. The second-order valence-corrected chi connectivity index (χ2v) is 5.36. The highest BCUT2D eigenvalue weighted by Gasteiger charge is 2.17. The summed E-state index contributed by atoms with van der Waals surface area (Å²) in [5.41, 5.74) is 5.59. The van der Waals surface area contributed by atoms with Crippen molar-refractivity contribution in [2.24, 2.45) is 0 Å². The smallest absolute Gasteiger partial charge is 0.199 e. The summed E-state index contributed by atoms with van der Waals surface area (Å²) >= 11 is 5.34. The summed E-state index contributed by atoms with van der Waals surface area (Å²) in [6, 6.07) is 4.38. The van der Waals surface area contributed by atoms with Crippen molar-refractivity contribution < 1.29 is 0 Å². The summed E-state index contributed by atoms with van der Waals surface area (Å²) in [6.45, 7) is 4.19. The van der Waals surface area contributed by atoms with Crippen LogP contribution in [0, 0.1) is 18.6 Å². The third kappa shape index (κ3) is 1.72. The van der Waals surface area contributed by atoms with E-state index in [4.69, 9.17) is 12.2 Å². The third-order valence-corrected chi connectivity index (χ3v) is 4.10. The van der Waals surface area contributed by atoms with Crippen molar-refractivity contribution in [1.29, 1.82) is 0 Å². The van der Waals surface area contributed by atoms with E-state index in [1.165, 1.54) is 41.6 Å². The Bertz CT molecular complexity index is 652. The standard InChI is InChI=1S/C14H17N3S/c1-9-7-8-13(12-6-4-3-5-11(9)12)17-10(2)15-16-14(17)18/h7-8H,3-6H2,1-2H3,(H,16,18). The Hall–Kier alpha value is -1.42. The van der Waals surface area contributed by atoms with Crippen LogP contribution in [0.2, 0.25) is 0 Å². The lowest BCUT2D eigenvalue weighted by Crippen LogP contribution is -2.11. The molecule has 4 heteroatoms. The van der Waals surface area contributed by atoms with Crippen molar-refractivity contribution in [2.75, 3.05) is 0 Å². The van der Waals surface area contributed by atoms with Gasteiger partial charge in [-0.05, 0) is 74.5 Å². The van der Waals surface area contributed by atoms with Crippen LogP contribution in [0.3, 0.4) is 0 Å². The highest BCUT2D eigenvalue weighted by molar-refractivity contribution is 7.71. The van der Waals surface area contributed by atoms with Crippen LogP contribution in [0.25, 0.3) is 5.69 Å². The van der Waals surface area contributed by atoms with E-state index < -0.39 is 0 Å². The van der Waals surface area contributed by atoms with Gasteiger partial charge >= 0.3 is 0 Å². The molecular weight excluding hydrogens is 242 g/mol. The Kier molecular flexibility index (Phi) is 2.82. The number of fused-ring (bicyclic) bond motifs is 1. The van der Waals surface area contributed by atoms with Crippen LogP contribution < -0.4 is 0 Å². The first-order valence-corrected chi connectivity index (χ1v) is 6.85. The number of aromatic amines is 1. The van der Waals surface area contributed by atoms with Crippen LogP contribution in [-0.2, 0) is 12.8 Å². The number of aryl methyl sites for hydroxylation is 2. The fourth-order valence-corrected chi connectivity index (χ4v) is 3.17. The van der Waals surface area contributed by atoms with Crippen molar-refractivity contribution in [3.63, 3.8) is 0 Å². The van der Waals surface area contributed by atoms with Gasteiger partial charge in [-0.3, -0.25) is 9.67 Å². The van der Waals surface area contributed by atoms with E-state index in [2.05, 4.69) is 33.8 Å².